The lowest BCUT2D eigenvalue weighted by Gasteiger charge is -2.32. The number of hydrogen-bond donors (Lipinski definition) is 0. The fourth-order valence-electron chi connectivity index (χ4n) is 2.99. The normalized spacial score (nSPS) is 18.0. The number of hydrogen-bond acceptors (Lipinski definition) is 4. The molecule has 0 unspecified atom stereocenters. The van der Waals surface area contributed by atoms with Crippen LogP contribution in [0.4, 0.5) is 0 Å². The fraction of sp³-hybridized carbons (Fsp3) is 0.412. The summed E-state index contributed by atoms with van der Waals surface area (Å²) < 4.78 is 1.43. The number of aromatic nitrogens is 3. The van der Waals surface area contributed by atoms with Gasteiger partial charge in [-0.15, -0.1) is 0 Å². The Kier molecular flexibility index (Phi) is 4.23. The van der Waals surface area contributed by atoms with Crippen LogP contribution in [0.15, 0.2) is 35.5 Å². The zero-order valence-corrected chi connectivity index (χ0v) is 13.4. The molecule has 0 spiro atoms. The number of pyridine rings is 1. The Morgan fingerprint density at radius 1 is 1.30 bits per heavy atom. The van der Waals surface area contributed by atoms with Crippen LogP contribution in [0.1, 0.15) is 40.5 Å². The van der Waals surface area contributed by atoms with Gasteiger partial charge in [-0.05, 0) is 25.8 Å². The summed E-state index contributed by atoms with van der Waals surface area (Å²) in [5, 5.41) is 0. The van der Waals surface area contributed by atoms with Crippen molar-refractivity contribution in [1.82, 2.24) is 19.4 Å². The minimum absolute atomic E-state index is 0.0362. The molecule has 0 aromatic carbocycles. The van der Waals surface area contributed by atoms with Gasteiger partial charge in [0.15, 0.2) is 0 Å². The van der Waals surface area contributed by atoms with Gasteiger partial charge in [0.1, 0.15) is 0 Å². The highest BCUT2D eigenvalue weighted by Gasteiger charge is 2.26. The molecule has 2 aromatic heterocycles. The summed E-state index contributed by atoms with van der Waals surface area (Å²) in [5.41, 5.74) is 2.27. The molecule has 23 heavy (non-hydrogen) atoms. The molecule has 0 aliphatic carbocycles. The van der Waals surface area contributed by atoms with Crippen molar-refractivity contribution in [2.75, 3.05) is 13.1 Å². The Bertz CT molecular complexity index is 784. The Morgan fingerprint density at radius 3 is 2.87 bits per heavy atom. The van der Waals surface area contributed by atoms with Gasteiger partial charge >= 0.3 is 0 Å². The zero-order chi connectivity index (χ0) is 16.4. The summed E-state index contributed by atoms with van der Waals surface area (Å²) in [7, 11) is 1.65. The monoisotopic (exact) mass is 312 g/mol. The second-order valence-electron chi connectivity index (χ2n) is 6.04. The lowest BCUT2D eigenvalue weighted by atomic mass is 9.94. The zero-order valence-electron chi connectivity index (χ0n) is 13.4. The maximum atomic E-state index is 12.7. The SMILES string of the molecule is Cc1cncc([C@H]2CCCN(C(=O)c3ccc(=O)n(C)c3)C2)n1. The average molecular weight is 312 g/mol. The molecule has 2 aromatic rings. The molecule has 1 saturated heterocycles. The van der Waals surface area contributed by atoms with Gasteiger partial charge in [-0.3, -0.25) is 19.6 Å². The van der Waals surface area contributed by atoms with E-state index in [1.54, 1.807) is 31.7 Å². The molecule has 6 nitrogen and oxygen atoms in total. The van der Waals surface area contributed by atoms with Gasteiger partial charge in [-0.1, -0.05) is 0 Å². The van der Waals surface area contributed by atoms with E-state index >= 15 is 0 Å². The quantitative estimate of drug-likeness (QED) is 0.843. The molecule has 1 amide bonds. The molecule has 0 bridgehead atoms. The smallest absolute Gasteiger partial charge is 0.255 e. The third-order valence-electron chi connectivity index (χ3n) is 4.23. The molecule has 0 N–H and O–H groups in total. The highest BCUT2D eigenvalue weighted by Crippen LogP contribution is 2.26. The van der Waals surface area contributed by atoms with E-state index in [0.717, 1.165) is 30.8 Å². The summed E-state index contributed by atoms with van der Waals surface area (Å²) in [4.78, 5) is 34.7. The number of piperidine rings is 1. The van der Waals surface area contributed by atoms with Crippen molar-refractivity contribution < 1.29 is 4.79 Å². The van der Waals surface area contributed by atoms with E-state index in [9.17, 15) is 9.59 Å². The number of aryl methyl sites for hydroxylation is 2. The van der Waals surface area contributed by atoms with Crippen LogP contribution in [0.5, 0.6) is 0 Å². The first-order chi connectivity index (χ1) is 11.0. The van der Waals surface area contributed by atoms with Crippen LogP contribution in [-0.2, 0) is 7.05 Å². The van der Waals surface area contributed by atoms with Crippen molar-refractivity contribution in [2.24, 2.45) is 7.05 Å². The van der Waals surface area contributed by atoms with Crippen LogP contribution in [0.25, 0.3) is 0 Å². The Hall–Kier alpha value is -2.50. The van der Waals surface area contributed by atoms with Gasteiger partial charge in [0.2, 0.25) is 5.56 Å². The molecule has 1 aliphatic heterocycles. The Balaban J connectivity index is 1.79. The summed E-state index contributed by atoms with van der Waals surface area (Å²) in [6, 6.07) is 3.03. The van der Waals surface area contributed by atoms with Crippen molar-refractivity contribution in [3.63, 3.8) is 0 Å². The summed E-state index contributed by atoms with van der Waals surface area (Å²) in [6.45, 7) is 3.30. The van der Waals surface area contributed by atoms with Gasteiger partial charge in [0.25, 0.3) is 5.91 Å². The third kappa shape index (κ3) is 3.31. The number of carbonyl (C=O) groups excluding carboxylic acids is 1. The number of amides is 1. The predicted octanol–water partition coefficient (Wildman–Crippen LogP) is 1.50. The molecule has 120 valence electrons. The largest absolute Gasteiger partial charge is 0.338 e. The standard InChI is InChI=1S/C17H20N4O2/c1-12-8-18-9-15(19-12)13-4-3-7-21(11-13)17(23)14-5-6-16(22)20(2)10-14/h5-6,8-10,13H,3-4,7,11H2,1-2H3/t13-/m0/s1. The molecule has 1 atom stereocenters. The topological polar surface area (TPSA) is 68.1 Å². The Morgan fingerprint density at radius 2 is 2.13 bits per heavy atom. The second-order valence-corrected chi connectivity index (χ2v) is 6.04. The van der Waals surface area contributed by atoms with Crippen molar-refractivity contribution >= 4 is 5.91 Å². The lowest BCUT2D eigenvalue weighted by molar-refractivity contribution is 0.0705. The maximum absolute atomic E-state index is 12.7. The molecule has 0 saturated carbocycles. The van der Waals surface area contributed by atoms with E-state index in [4.69, 9.17) is 0 Å². The van der Waals surface area contributed by atoms with Gasteiger partial charge in [-0.2, -0.15) is 0 Å². The van der Waals surface area contributed by atoms with Crippen LogP contribution < -0.4 is 5.56 Å². The van der Waals surface area contributed by atoms with Gasteiger partial charge < -0.3 is 9.47 Å². The van der Waals surface area contributed by atoms with Crippen molar-refractivity contribution in [3.8, 4) is 0 Å². The molecule has 1 fully saturated rings. The molecular formula is C17H20N4O2. The number of likely N-dealkylation sites (tertiary alicyclic amines) is 1. The second kappa shape index (κ2) is 6.32. The van der Waals surface area contributed by atoms with E-state index in [2.05, 4.69) is 9.97 Å². The molecule has 0 radical (unpaired) electrons. The van der Waals surface area contributed by atoms with Crippen LogP contribution in [0.2, 0.25) is 0 Å². The minimum Gasteiger partial charge on any atom is -0.338 e. The van der Waals surface area contributed by atoms with E-state index in [0.29, 0.717) is 12.1 Å². The number of rotatable bonds is 2. The van der Waals surface area contributed by atoms with Crippen molar-refractivity contribution in [1.29, 1.82) is 0 Å². The van der Waals surface area contributed by atoms with E-state index in [-0.39, 0.29) is 17.4 Å². The van der Waals surface area contributed by atoms with Crippen LogP contribution in [0.3, 0.4) is 0 Å². The third-order valence-corrected chi connectivity index (χ3v) is 4.23. The average Bonchev–Trinajstić information content (AvgIpc) is 2.57. The van der Waals surface area contributed by atoms with Gasteiger partial charge in [0, 0.05) is 50.7 Å². The highest BCUT2D eigenvalue weighted by molar-refractivity contribution is 5.94. The molecule has 3 heterocycles. The summed E-state index contributed by atoms with van der Waals surface area (Å²) in [6.07, 6.45) is 7.07. The lowest BCUT2D eigenvalue weighted by Crippen LogP contribution is -2.39. The van der Waals surface area contributed by atoms with E-state index in [1.165, 1.54) is 10.6 Å². The summed E-state index contributed by atoms with van der Waals surface area (Å²) >= 11 is 0. The van der Waals surface area contributed by atoms with Crippen LogP contribution in [0, 0.1) is 6.92 Å². The first-order valence-corrected chi connectivity index (χ1v) is 7.79. The molecule has 1 aliphatic rings. The van der Waals surface area contributed by atoms with Crippen molar-refractivity contribution in [3.05, 3.63) is 58.0 Å². The molecule has 6 heteroatoms. The first kappa shape index (κ1) is 15.4. The maximum Gasteiger partial charge on any atom is 0.255 e. The van der Waals surface area contributed by atoms with E-state index in [1.807, 2.05) is 11.8 Å². The minimum atomic E-state index is -0.117. The predicted molar refractivity (Wildman–Crippen MR) is 86.3 cm³/mol. The highest BCUT2D eigenvalue weighted by atomic mass is 16.2. The van der Waals surface area contributed by atoms with Crippen molar-refractivity contribution in [2.45, 2.75) is 25.7 Å². The molecule has 3 rings (SSSR count). The number of carbonyl (C=O) groups is 1. The fourth-order valence-corrected chi connectivity index (χ4v) is 2.99. The first-order valence-electron chi connectivity index (χ1n) is 7.79. The van der Waals surface area contributed by atoms with Crippen LogP contribution >= 0.6 is 0 Å². The van der Waals surface area contributed by atoms with Gasteiger partial charge in [-0.25, -0.2) is 0 Å². The number of nitrogens with zero attached hydrogens (tertiary/aromatic N) is 4. The summed E-state index contributed by atoms with van der Waals surface area (Å²) in [5.74, 6) is 0.179. The van der Waals surface area contributed by atoms with E-state index < -0.39 is 0 Å². The molecular weight excluding hydrogens is 292 g/mol. The van der Waals surface area contributed by atoms with Gasteiger partial charge in [0.05, 0.1) is 17.0 Å². The Labute approximate surface area is 134 Å². The van der Waals surface area contributed by atoms with Crippen LogP contribution in [-0.4, -0.2) is 38.4 Å².